The van der Waals surface area contributed by atoms with Gasteiger partial charge in [0.25, 0.3) is 0 Å². The van der Waals surface area contributed by atoms with Crippen LogP contribution in [0.2, 0.25) is 0 Å². The number of unbranched alkanes of at least 4 members (excludes halogenated alkanes) is 4. The number of hydrogen-bond donors (Lipinski definition) is 2. The Morgan fingerprint density at radius 2 is 1.36 bits per heavy atom. The van der Waals surface area contributed by atoms with Crippen molar-refractivity contribution < 1.29 is 0 Å². The first-order chi connectivity index (χ1) is 13.5. The molecule has 3 rings (SSSR count). The summed E-state index contributed by atoms with van der Waals surface area (Å²) < 4.78 is 0. The highest BCUT2D eigenvalue weighted by Gasteiger charge is 2.18. The summed E-state index contributed by atoms with van der Waals surface area (Å²) in [6.07, 6.45) is 9.14. The molecule has 3 heteroatoms. The Bertz CT molecular complexity index is 727. The zero-order chi connectivity index (χ0) is 20.9. The quantitative estimate of drug-likeness (QED) is 0.434. The molecule has 0 bridgehead atoms. The van der Waals surface area contributed by atoms with E-state index in [1.165, 1.54) is 66.3 Å². The lowest BCUT2D eigenvalue weighted by molar-refractivity contribution is 0.772. The van der Waals surface area contributed by atoms with E-state index in [1.54, 1.807) is 0 Å². The minimum absolute atomic E-state index is 0.307. The Hall–Kier alpha value is -1.87. The van der Waals surface area contributed by atoms with Crippen molar-refractivity contribution in [3.63, 3.8) is 0 Å². The van der Waals surface area contributed by atoms with E-state index in [0.29, 0.717) is 5.11 Å². The van der Waals surface area contributed by atoms with Crippen molar-refractivity contribution in [2.24, 2.45) is 5.73 Å². The average molecular weight is 399 g/mol. The smallest absolute Gasteiger partial charge is 0.168 e. The van der Waals surface area contributed by atoms with Gasteiger partial charge < -0.3 is 11.1 Å². The third kappa shape index (κ3) is 8.02. The van der Waals surface area contributed by atoms with E-state index in [1.807, 2.05) is 6.07 Å². The molecule has 0 spiro atoms. The van der Waals surface area contributed by atoms with Crippen LogP contribution in [0.3, 0.4) is 0 Å². The number of hydrogen-bond acceptors (Lipinski definition) is 1. The summed E-state index contributed by atoms with van der Waals surface area (Å²) in [5.74, 6) is 0. The number of anilines is 1. The SMILES string of the molecule is CCCCC.CCCCC.Cc1ccc2c(c1)Cc1cc(NC(N)=S)ccc1-2. The molecule has 0 aromatic heterocycles. The molecular formula is C25H38N2S. The van der Waals surface area contributed by atoms with Gasteiger partial charge in [-0.2, -0.15) is 0 Å². The molecular weight excluding hydrogens is 360 g/mol. The number of nitrogens with two attached hydrogens (primary N) is 1. The lowest BCUT2D eigenvalue weighted by Crippen LogP contribution is -2.18. The minimum Gasteiger partial charge on any atom is -0.376 e. The van der Waals surface area contributed by atoms with Crippen LogP contribution in [0.5, 0.6) is 0 Å². The van der Waals surface area contributed by atoms with Crippen molar-refractivity contribution in [1.82, 2.24) is 0 Å². The maximum atomic E-state index is 5.49. The zero-order valence-corrected chi connectivity index (χ0v) is 19.2. The van der Waals surface area contributed by atoms with Gasteiger partial charge in [0.1, 0.15) is 0 Å². The summed E-state index contributed by atoms with van der Waals surface area (Å²) in [4.78, 5) is 0. The third-order valence-electron chi connectivity index (χ3n) is 4.72. The monoisotopic (exact) mass is 398 g/mol. The van der Waals surface area contributed by atoms with Crippen molar-refractivity contribution in [3.8, 4) is 11.1 Å². The van der Waals surface area contributed by atoms with E-state index in [2.05, 4.69) is 70.3 Å². The van der Waals surface area contributed by atoms with Gasteiger partial charge in [-0.25, -0.2) is 0 Å². The predicted octanol–water partition coefficient (Wildman–Crippen LogP) is 7.61. The van der Waals surface area contributed by atoms with E-state index in [9.17, 15) is 0 Å². The maximum Gasteiger partial charge on any atom is 0.168 e. The van der Waals surface area contributed by atoms with E-state index in [4.69, 9.17) is 18.0 Å². The first-order valence-electron chi connectivity index (χ1n) is 10.8. The van der Waals surface area contributed by atoms with E-state index >= 15 is 0 Å². The van der Waals surface area contributed by atoms with Gasteiger partial charge in [-0.1, -0.05) is 96.0 Å². The molecule has 2 nitrogen and oxygen atoms in total. The number of aryl methyl sites for hydroxylation is 1. The van der Waals surface area contributed by atoms with Crippen LogP contribution in [0.4, 0.5) is 5.69 Å². The van der Waals surface area contributed by atoms with Crippen LogP contribution in [-0.4, -0.2) is 5.11 Å². The van der Waals surface area contributed by atoms with Crippen molar-refractivity contribution in [2.75, 3.05) is 5.32 Å². The van der Waals surface area contributed by atoms with E-state index in [0.717, 1.165) is 12.1 Å². The second kappa shape index (κ2) is 13.3. The molecule has 0 saturated heterocycles. The fourth-order valence-corrected chi connectivity index (χ4v) is 3.38. The highest BCUT2D eigenvalue weighted by Crippen LogP contribution is 2.38. The van der Waals surface area contributed by atoms with Gasteiger partial charge in [0.05, 0.1) is 0 Å². The second-order valence-electron chi connectivity index (χ2n) is 7.41. The molecule has 0 atom stereocenters. The lowest BCUT2D eigenvalue weighted by Gasteiger charge is -2.06. The first kappa shape index (κ1) is 24.2. The lowest BCUT2D eigenvalue weighted by atomic mass is 10.0. The van der Waals surface area contributed by atoms with Crippen molar-refractivity contribution >= 4 is 23.0 Å². The number of rotatable bonds is 5. The molecule has 28 heavy (non-hydrogen) atoms. The van der Waals surface area contributed by atoms with Gasteiger partial charge >= 0.3 is 0 Å². The normalized spacial score (nSPS) is 10.6. The summed E-state index contributed by atoms with van der Waals surface area (Å²) >= 11 is 4.86. The summed E-state index contributed by atoms with van der Waals surface area (Å²) in [6, 6.07) is 12.9. The number of nitrogens with one attached hydrogen (secondary N) is 1. The molecule has 2 aromatic rings. The van der Waals surface area contributed by atoms with Crippen LogP contribution < -0.4 is 11.1 Å². The molecule has 3 N–H and O–H groups in total. The summed E-state index contributed by atoms with van der Waals surface area (Å²) in [7, 11) is 0. The highest BCUT2D eigenvalue weighted by atomic mass is 32.1. The largest absolute Gasteiger partial charge is 0.376 e. The van der Waals surface area contributed by atoms with Crippen LogP contribution in [0, 0.1) is 6.92 Å². The molecule has 0 amide bonds. The summed E-state index contributed by atoms with van der Waals surface area (Å²) in [5.41, 5.74) is 13.2. The topological polar surface area (TPSA) is 38.0 Å². The molecule has 0 saturated carbocycles. The first-order valence-corrected chi connectivity index (χ1v) is 11.2. The molecule has 0 fully saturated rings. The van der Waals surface area contributed by atoms with Crippen molar-refractivity contribution in [3.05, 3.63) is 53.1 Å². The fraction of sp³-hybridized carbons (Fsp3) is 0.480. The van der Waals surface area contributed by atoms with Gasteiger partial charge in [0.2, 0.25) is 0 Å². The average Bonchev–Trinajstić information content (AvgIpc) is 3.00. The molecule has 0 unspecified atom stereocenters. The Morgan fingerprint density at radius 3 is 1.82 bits per heavy atom. The van der Waals surface area contributed by atoms with Crippen LogP contribution in [0.15, 0.2) is 36.4 Å². The van der Waals surface area contributed by atoms with Gasteiger partial charge in [-0.05, 0) is 59.9 Å². The van der Waals surface area contributed by atoms with Crippen molar-refractivity contribution in [2.45, 2.75) is 79.6 Å². The van der Waals surface area contributed by atoms with Gasteiger partial charge in [0.15, 0.2) is 5.11 Å². The zero-order valence-electron chi connectivity index (χ0n) is 18.4. The molecule has 154 valence electrons. The molecule has 0 radical (unpaired) electrons. The van der Waals surface area contributed by atoms with Gasteiger partial charge in [-0.15, -0.1) is 0 Å². The molecule has 1 aliphatic rings. The number of thiocarbonyl (C=S) groups is 1. The minimum atomic E-state index is 0.307. The number of benzene rings is 2. The van der Waals surface area contributed by atoms with E-state index in [-0.39, 0.29) is 0 Å². The molecule has 0 heterocycles. The third-order valence-corrected chi connectivity index (χ3v) is 4.82. The van der Waals surface area contributed by atoms with Crippen molar-refractivity contribution in [1.29, 1.82) is 0 Å². The maximum absolute atomic E-state index is 5.49. The summed E-state index contributed by atoms with van der Waals surface area (Å²) in [6.45, 7) is 11.0. The Morgan fingerprint density at radius 1 is 0.857 bits per heavy atom. The second-order valence-corrected chi connectivity index (χ2v) is 7.85. The highest BCUT2D eigenvalue weighted by molar-refractivity contribution is 7.80. The Kier molecular flexibility index (Phi) is 11.5. The summed E-state index contributed by atoms with van der Waals surface area (Å²) in [5, 5.41) is 3.29. The Labute approximate surface area is 177 Å². The van der Waals surface area contributed by atoms with Crippen LogP contribution >= 0.6 is 12.2 Å². The Balaban J connectivity index is 0.000000329. The van der Waals surface area contributed by atoms with Gasteiger partial charge in [-0.3, -0.25) is 0 Å². The van der Waals surface area contributed by atoms with E-state index < -0.39 is 0 Å². The van der Waals surface area contributed by atoms with Crippen LogP contribution in [0.25, 0.3) is 11.1 Å². The van der Waals surface area contributed by atoms with Crippen LogP contribution in [0.1, 0.15) is 82.9 Å². The molecule has 1 aliphatic carbocycles. The van der Waals surface area contributed by atoms with Crippen LogP contribution in [-0.2, 0) is 6.42 Å². The molecule has 0 aliphatic heterocycles. The standard InChI is InChI=1S/C15H14N2S.2C5H12/c1-9-2-4-13-10(6-9)7-11-8-12(17-15(16)18)3-5-14(11)13;2*1-3-5-4-2/h2-6,8H,7H2,1H3,(H3,16,17,18);2*3-5H2,1-2H3. The fourth-order valence-electron chi connectivity index (χ4n) is 3.27. The van der Waals surface area contributed by atoms with Gasteiger partial charge in [0, 0.05) is 5.69 Å². The molecule has 2 aromatic carbocycles. The predicted molar refractivity (Wildman–Crippen MR) is 130 cm³/mol. The number of fused-ring (bicyclic) bond motifs is 3.